The van der Waals surface area contributed by atoms with Crippen LogP contribution < -0.4 is 0 Å². The Balaban J connectivity index is -0.000000105. The normalized spacial score (nSPS) is 8.00. The average molecular weight is 177 g/mol. The van der Waals surface area contributed by atoms with E-state index in [0.717, 1.165) is 13.2 Å². The lowest BCUT2D eigenvalue weighted by atomic mass is 10.6. The second kappa shape index (κ2) is 22.4. The van der Waals surface area contributed by atoms with Gasteiger partial charge in [0.1, 0.15) is 0 Å². The summed E-state index contributed by atoms with van der Waals surface area (Å²) in [6, 6.07) is 0. The first kappa shape index (κ1) is 17.9. The number of hydrogen-bond donors (Lipinski definition) is 0. The van der Waals surface area contributed by atoms with Crippen LogP contribution in [0.4, 0.5) is 0 Å². The summed E-state index contributed by atoms with van der Waals surface area (Å²) in [5.74, 6) is 0. The van der Waals surface area contributed by atoms with Gasteiger partial charge in [-0.2, -0.15) is 0 Å². The fraction of sp³-hybridized carbons (Fsp3) is 1.00. The zero-order valence-corrected chi connectivity index (χ0v) is 9.98. The van der Waals surface area contributed by atoms with Crippen LogP contribution in [0, 0.1) is 0 Å². The van der Waals surface area contributed by atoms with E-state index in [9.17, 15) is 0 Å². The molecule has 0 bridgehead atoms. The Morgan fingerprint density at radius 2 is 1.00 bits per heavy atom. The lowest BCUT2D eigenvalue weighted by Crippen LogP contribution is -1.99. The maximum atomic E-state index is 4.83. The molecule has 2 heteroatoms. The van der Waals surface area contributed by atoms with Gasteiger partial charge in [0.25, 0.3) is 0 Å². The van der Waals surface area contributed by atoms with E-state index >= 15 is 0 Å². The minimum absolute atomic E-state index is 0.844. The highest BCUT2D eigenvalue weighted by atomic mass is 16.5. The van der Waals surface area contributed by atoms with E-state index < -0.39 is 0 Å². The van der Waals surface area contributed by atoms with Gasteiger partial charge in [0.2, 0.25) is 0 Å². The highest BCUT2D eigenvalue weighted by molar-refractivity contribution is 4.09. The molecule has 0 spiro atoms. The average Bonchev–Trinajstić information content (AvgIpc) is 1.89. The summed E-state index contributed by atoms with van der Waals surface area (Å²) in [5, 5.41) is 0. The van der Waals surface area contributed by atoms with Crippen molar-refractivity contribution in [3.05, 3.63) is 0 Å². The third-order valence-corrected chi connectivity index (χ3v) is 0.408. The number of hydrogen-bond acceptors (Lipinski definition) is 2. The molecule has 0 N–H and O–H groups in total. The van der Waals surface area contributed by atoms with Gasteiger partial charge in [-0.15, -0.1) is 0 Å². The summed E-state index contributed by atoms with van der Waals surface area (Å²) in [5.41, 5.74) is 0. The third-order valence-electron chi connectivity index (χ3n) is 0.408. The Hall–Kier alpha value is -0.0800. The molecular formula is C10H27NO. The van der Waals surface area contributed by atoms with Gasteiger partial charge in [0.15, 0.2) is 0 Å². The molecule has 12 heavy (non-hydrogen) atoms. The molecule has 0 aliphatic carbocycles. The van der Waals surface area contributed by atoms with Crippen LogP contribution in [-0.2, 0) is 4.74 Å². The molecular weight excluding hydrogens is 150 g/mol. The zero-order valence-electron chi connectivity index (χ0n) is 9.98. The molecule has 0 heterocycles. The number of ether oxygens (including phenoxy) is 1. The van der Waals surface area contributed by atoms with Crippen LogP contribution in [-0.4, -0.2) is 39.3 Å². The van der Waals surface area contributed by atoms with Gasteiger partial charge in [0.05, 0.1) is 0 Å². The van der Waals surface area contributed by atoms with E-state index in [2.05, 4.69) is 13.8 Å². The zero-order chi connectivity index (χ0) is 10.4. The van der Waals surface area contributed by atoms with Gasteiger partial charge in [-0.25, -0.2) is 0 Å². The standard InChI is InChI=1S/C4H10O.C3H9N.C3H8/c1-3-5-4-2;1-4(2)3;1-3-2/h3-4H2,1-2H3;1-3H3;3H2,1-2H3. The van der Waals surface area contributed by atoms with Crippen LogP contribution >= 0.6 is 0 Å². The van der Waals surface area contributed by atoms with E-state index in [-0.39, 0.29) is 0 Å². The van der Waals surface area contributed by atoms with Crippen LogP contribution in [0.5, 0.6) is 0 Å². The van der Waals surface area contributed by atoms with Crippen LogP contribution in [0.25, 0.3) is 0 Å². The summed E-state index contributed by atoms with van der Waals surface area (Å²) in [6.07, 6.45) is 1.25. The molecule has 0 amide bonds. The smallest absolute Gasteiger partial charge is 0.0437 e. The fourth-order valence-corrected chi connectivity index (χ4v) is 0.204. The van der Waals surface area contributed by atoms with Gasteiger partial charge >= 0.3 is 0 Å². The number of nitrogens with zero attached hydrogens (tertiary/aromatic N) is 1. The molecule has 0 saturated heterocycles. The molecule has 0 radical (unpaired) electrons. The van der Waals surface area contributed by atoms with Crippen molar-refractivity contribution in [2.75, 3.05) is 34.4 Å². The summed E-state index contributed by atoms with van der Waals surface area (Å²) in [6.45, 7) is 9.92. The first-order valence-corrected chi connectivity index (χ1v) is 4.75. The first-order chi connectivity index (χ1) is 5.56. The van der Waals surface area contributed by atoms with Crippen molar-refractivity contribution in [3.63, 3.8) is 0 Å². The highest BCUT2D eigenvalue weighted by Crippen LogP contribution is 1.64. The molecule has 0 unspecified atom stereocenters. The molecule has 2 nitrogen and oxygen atoms in total. The van der Waals surface area contributed by atoms with E-state index in [4.69, 9.17) is 4.74 Å². The predicted octanol–water partition coefficient (Wildman–Crippen LogP) is 2.64. The summed E-state index contributed by atoms with van der Waals surface area (Å²) >= 11 is 0. The van der Waals surface area contributed by atoms with Gasteiger partial charge in [-0.1, -0.05) is 20.3 Å². The Morgan fingerprint density at radius 3 is 1.00 bits per heavy atom. The third kappa shape index (κ3) is 214. The minimum Gasteiger partial charge on any atom is -0.382 e. The Morgan fingerprint density at radius 1 is 0.833 bits per heavy atom. The molecule has 0 atom stereocenters. The Kier molecular flexibility index (Phi) is 33.4. The summed E-state index contributed by atoms with van der Waals surface area (Å²) in [7, 11) is 6.00. The molecule has 0 aromatic rings. The molecule has 0 aromatic heterocycles. The molecule has 0 rings (SSSR count). The van der Waals surface area contributed by atoms with E-state index in [0.29, 0.717) is 0 Å². The predicted molar refractivity (Wildman–Crippen MR) is 57.7 cm³/mol. The molecule has 0 aromatic carbocycles. The molecule has 0 aliphatic rings. The molecule has 78 valence electrons. The molecule has 0 aliphatic heterocycles. The summed E-state index contributed by atoms with van der Waals surface area (Å²) in [4.78, 5) is 2.00. The maximum absolute atomic E-state index is 4.83. The van der Waals surface area contributed by atoms with Crippen molar-refractivity contribution >= 4 is 0 Å². The van der Waals surface area contributed by atoms with Gasteiger partial charge in [0, 0.05) is 13.2 Å². The second-order valence-corrected chi connectivity index (χ2v) is 2.83. The largest absolute Gasteiger partial charge is 0.382 e. The lowest BCUT2D eigenvalue weighted by molar-refractivity contribution is 0.162. The van der Waals surface area contributed by atoms with Crippen molar-refractivity contribution in [2.45, 2.75) is 34.1 Å². The van der Waals surface area contributed by atoms with Crippen molar-refractivity contribution in [1.29, 1.82) is 0 Å². The van der Waals surface area contributed by atoms with Crippen LogP contribution in [0.1, 0.15) is 34.1 Å². The van der Waals surface area contributed by atoms with Gasteiger partial charge in [-0.3, -0.25) is 0 Å². The van der Waals surface area contributed by atoms with Gasteiger partial charge < -0.3 is 9.64 Å². The SMILES string of the molecule is CCC.CCOCC.CN(C)C. The van der Waals surface area contributed by atoms with Crippen LogP contribution in [0.3, 0.4) is 0 Å². The van der Waals surface area contributed by atoms with E-state index in [1.54, 1.807) is 0 Å². The quantitative estimate of drug-likeness (QED) is 0.643. The molecule has 0 saturated carbocycles. The monoisotopic (exact) mass is 177 g/mol. The molecule has 0 fully saturated rings. The fourth-order valence-electron chi connectivity index (χ4n) is 0.204. The second-order valence-electron chi connectivity index (χ2n) is 2.83. The van der Waals surface area contributed by atoms with Gasteiger partial charge in [-0.05, 0) is 35.0 Å². The van der Waals surface area contributed by atoms with Crippen molar-refractivity contribution in [1.82, 2.24) is 4.90 Å². The highest BCUT2D eigenvalue weighted by Gasteiger charge is 1.64. The topological polar surface area (TPSA) is 12.5 Å². The lowest BCUT2D eigenvalue weighted by Gasteiger charge is -1.90. The van der Waals surface area contributed by atoms with Crippen molar-refractivity contribution in [2.24, 2.45) is 0 Å². The Labute approximate surface area is 78.9 Å². The minimum atomic E-state index is 0.844. The van der Waals surface area contributed by atoms with E-state index in [1.165, 1.54) is 6.42 Å². The Bertz CT molecular complexity index is 42.3. The van der Waals surface area contributed by atoms with E-state index in [1.807, 2.05) is 39.9 Å². The van der Waals surface area contributed by atoms with Crippen molar-refractivity contribution < 1.29 is 4.74 Å². The van der Waals surface area contributed by atoms with Crippen LogP contribution in [0.2, 0.25) is 0 Å². The first-order valence-electron chi connectivity index (χ1n) is 4.75. The van der Waals surface area contributed by atoms with Crippen molar-refractivity contribution in [3.8, 4) is 0 Å². The maximum Gasteiger partial charge on any atom is 0.0437 e. The van der Waals surface area contributed by atoms with Crippen LogP contribution in [0.15, 0.2) is 0 Å². The number of rotatable bonds is 2. The summed E-state index contributed by atoms with van der Waals surface area (Å²) < 4.78 is 4.83.